The first-order valence-corrected chi connectivity index (χ1v) is 6.89. The van der Waals surface area contributed by atoms with Crippen LogP contribution in [0, 0.1) is 0 Å². The summed E-state index contributed by atoms with van der Waals surface area (Å²) in [6.45, 7) is 0. The number of nitrogens with two attached hydrogens (primary N) is 2. The van der Waals surface area contributed by atoms with Crippen molar-refractivity contribution in [3.8, 4) is 17.1 Å². The van der Waals surface area contributed by atoms with Gasteiger partial charge in [0, 0.05) is 13.2 Å². The molecule has 0 aliphatic rings. The predicted octanol–water partition coefficient (Wildman–Crippen LogP) is 1.37. The third-order valence-corrected chi connectivity index (χ3v) is 3.47. The smallest absolute Gasteiger partial charge is 0.397 e. The van der Waals surface area contributed by atoms with Crippen LogP contribution in [0.1, 0.15) is 16.3 Å². The van der Waals surface area contributed by atoms with Crippen LogP contribution in [0.5, 0.6) is 0 Å². The molecule has 8 nitrogen and oxygen atoms in total. The molecule has 3 aromatic rings. The van der Waals surface area contributed by atoms with Crippen molar-refractivity contribution in [1.29, 1.82) is 0 Å². The van der Waals surface area contributed by atoms with Gasteiger partial charge in [0.2, 0.25) is 0 Å². The normalized spacial score (nSPS) is 11.7. The number of hydrogen-bond acceptors (Lipinski definition) is 5. The number of nitrogen functional groups attached to an aromatic ring is 1. The number of hydrogen-bond donors (Lipinski definition) is 2. The fourth-order valence-electron chi connectivity index (χ4n) is 2.31. The monoisotopic (exact) mass is 351 g/mol. The van der Waals surface area contributed by atoms with Gasteiger partial charge in [0.15, 0.2) is 17.3 Å². The minimum absolute atomic E-state index is 0.0443. The number of carbonyl (C=O) groups excluding carboxylic acids is 1. The molecular weight excluding hydrogens is 339 g/mol. The Labute approximate surface area is 138 Å². The maximum atomic E-state index is 13.4. The van der Waals surface area contributed by atoms with E-state index in [0.717, 1.165) is 17.1 Å². The first-order chi connectivity index (χ1) is 11.7. The van der Waals surface area contributed by atoms with Gasteiger partial charge in [0.05, 0.1) is 29.3 Å². The number of rotatable bonds is 3. The van der Waals surface area contributed by atoms with Crippen LogP contribution < -0.4 is 11.5 Å². The molecule has 0 atom stereocenters. The van der Waals surface area contributed by atoms with Crippen LogP contribution in [0.15, 0.2) is 30.7 Å². The zero-order chi connectivity index (χ0) is 18.4. The summed E-state index contributed by atoms with van der Waals surface area (Å²) in [4.78, 5) is 19.0. The van der Waals surface area contributed by atoms with Gasteiger partial charge in [-0.2, -0.15) is 18.3 Å². The van der Waals surface area contributed by atoms with E-state index in [1.165, 1.54) is 29.9 Å². The van der Waals surface area contributed by atoms with E-state index < -0.39 is 17.8 Å². The van der Waals surface area contributed by atoms with Gasteiger partial charge in [-0.1, -0.05) is 0 Å². The molecule has 0 fully saturated rings. The molecule has 0 unspecified atom stereocenters. The average Bonchev–Trinajstić information content (AvgIpc) is 3.11. The Morgan fingerprint density at radius 1 is 1.20 bits per heavy atom. The van der Waals surface area contributed by atoms with E-state index in [4.69, 9.17) is 11.5 Å². The highest BCUT2D eigenvalue weighted by Crippen LogP contribution is 2.36. The zero-order valence-corrected chi connectivity index (χ0v) is 12.8. The van der Waals surface area contributed by atoms with E-state index in [0.29, 0.717) is 5.69 Å². The van der Waals surface area contributed by atoms with E-state index in [9.17, 15) is 18.0 Å². The molecule has 0 radical (unpaired) electrons. The lowest BCUT2D eigenvalue weighted by Gasteiger charge is -2.07. The molecule has 0 aromatic carbocycles. The van der Waals surface area contributed by atoms with E-state index >= 15 is 0 Å². The molecule has 3 aromatic heterocycles. The SMILES string of the molecule is Cn1c(-c2cn(-c3ccc(N)cn3)nc2C(F)(F)F)cnc1C(N)=O. The Morgan fingerprint density at radius 2 is 1.92 bits per heavy atom. The molecule has 3 heterocycles. The summed E-state index contributed by atoms with van der Waals surface area (Å²) in [7, 11) is 1.39. The van der Waals surface area contributed by atoms with Gasteiger partial charge in [-0.15, -0.1) is 0 Å². The van der Waals surface area contributed by atoms with Crippen molar-refractivity contribution in [2.24, 2.45) is 12.8 Å². The highest BCUT2D eigenvalue weighted by Gasteiger charge is 2.38. The Bertz CT molecular complexity index is 940. The lowest BCUT2D eigenvalue weighted by Crippen LogP contribution is -2.17. The maximum Gasteiger partial charge on any atom is 0.435 e. The molecule has 4 N–H and O–H groups in total. The predicted molar refractivity (Wildman–Crippen MR) is 81.5 cm³/mol. The van der Waals surface area contributed by atoms with Crippen LogP contribution in [-0.2, 0) is 13.2 Å². The van der Waals surface area contributed by atoms with Gasteiger partial charge >= 0.3 is 6.18 Å². The molecule has 0 aliphatic carbocycles. The molecule has 25 heavy (non-hydrogen) atoms. The van der Waals surface area contributed by atoms with Gasteiger partial charge in [-0.3, -0.25) is 4.79 Å². The van der Waals surface area contributed by atoms with Crippen LogP contribution in [0.25, 0.3) is 17.1 Å². The Kier molecular flexibility index (Phi) is 3.70. The minimum Gasteiger partial charge on any atom is -0.397 e. The zero-order valence-electron chi connectivity index (χ0n) is 12.8. The van der Waals surface area contributed by atoms with E-state index in [2.05, 4.69) is 15.1 Å². The molecule has 0 spiro atoms. The number of pyridine rings is 1. The van der Waals surface area contributed by atoms with Crippen LogP contribution >= 0.6 is 0 Å². The van der Waals surface area contributed by atoms with Crippen molar-refractivity contribution in [3.63, 3.8) is 0 Å². The largest absolute Gasteiger partial charge is 0.435 e. The highest BCUT2D eigenvalue weighted by atomic mass is 19.4. The fourth-order valence-corrected chi connectivity index (χ4v) is 2.31. The number of carbonyl (C=O) groups is 1. The van der Waals surface area contributed by atoms with E-state index in [-0.39, 0.29) is 22.9 Å². The highest BCUT2D eigenvalue weighted by molar-refractivity contribution is 5.90. The lowest BCUT2D eigenvalue weighted by atomic mass is 10.2. The van der Waals surface area contributed by atoms with Crippen LogP contribution in [-0.4, -0.2) is 30.2 Å². The fraction of sp³-hybridized carbons (Fsp3) is 0.143. The van der Waals surface area contributed by atoms with Crippen molar-refractivity contribution in [1.82, 2.24) is 24.3 Å². The Hall–Kier alpha value is -3.37. The van der Waals surface area contributed by atoms with Crippen molar-refractivity contribution in [2.45, 2.75) is 6.18 Å². The summed E-state index contributed by atoms with van der Waals surface area (Å²) in [5, 5.41) is 3.58. The first kappa shape index (κ1) is 16.5. The van der Waals surface area contributed by atoms with Crippen LogP contribution in [0.2, 0.25) is 0 Å². The topological polar surface area (TPSA) is 118 Å². The van der Waals surface area contributed by atoms with Gasteiger partial charge < -0.3 is 16.0 Å². The molecule has 130 valence electrons. The van der Waals surface area contributed by atoms with Crippen molar-refractivity contribution < 1.29 is 18.0 Å². The number of anilines is 1. The third-order valence-electron chi connectivity index (χ3n) is 3.47. The summed E-state index contributed by atoms with van der Waals surface area (Å²) >= 11 is 0. The maximum absolute atomic E-state index is 13.4. The quantitative estimate of drug-likeness (QED) is 0.739. The summed E-state index contributed by atoms with van der Waals surface area (Å²) in [5.74, 6) is -0.861. The van der Waals surface area contributed by atoms with Crippen LogP contribution in [0.3, 0.4) is 0 Å². The molecular formula is C14H12F3N7O. The number of primary amides is 1. The molecule has 0 saturated carbocycles. The van der Waals surface area contributed by atoms with E-state index in [1.807, 2.05) is 0 Å². The van der Waals surface area contributed by atoms with E-state index in [1.54, 1.807) is 0 Å². The number of amides is 1. The van der Waals surface area contributed by atoms with Gasteiger partial charge in [0.1, 0.15) is 0 Å². The third kappa shape index (κ3) is 2.91. The summed E-state index contributed by atoms with van der Waals surface area (Å²) in [5.41, 5.74) is 9.70. The molecule has 3 rings (SSSR count). The lowest BCUT2D eigenvalue weighted by molar-refractivity contribution is -0.140. The van der Waals surface area contributed by atoms with Crippen molar-refractivity contribution >= 4 is 11.6 Å². The number of halogens is 3. The molecule has 0 saturated heterocycles. The molecule has 0 bridgehead atoms. The number of nitrogens with zero attached hydrogens (tertiary/aromatic N) is 5. The summed E-state index contributed by atoms with van der Waals surface area (Å²) in [6.07, 6.45) is -1.12. The standard InChI is InChI=1S/C14H12F3N7O/c1-23-9(5-21-13(23)12(19)25)8-6-24(22-11(8)14(15,16)17)10-3-2-7(18)4-20-10/h2-6H,18H2,1H3,(H2,19,25). The minimum atomic E-state index is -4.72. The average molecular weight is 351 g/mol. The van der Waals surface area contributed by atoms with Crippen molar-refractivity contribution in [2.75, 3.05) is 5.73 Å². The number of alkyl halides is 3. The Morgan fingerprint density at radius 3 is 2.44 bits per heavy atom. The second kappa shape index (κ2) is 5.61. The second-order valence-corrected chi connectivity index (χ2v) is 5.17. The second-order valence-electron chi connectivity index (χ2n) is 5.17. The van der Waals surface area contributed by atoms with Gasteiger partial charge in [0.25, 0.3) is 5.91 Å². The number of aromatic nitrogens is 5. The summed E-state index contributed by atoms with van der Waals surface area (Å²) in [6, 6.07) is 2.93. The Balaban J connectivity index is 2.19. The molecule has 1 amide bonds. The number of imidazole rings is 1. The molecule has 0 aliphatic heterocycles. The first-order valence-electron chi connectivity index (χ1n) is 6.89. The van der Waals surface area contributed by atoms with Gasteiger partial charge in [-0.05, 0) is 12.1 Å². The van der Waals surface area contributed by atoms with Crippen molar-refractivity contribution in [3.05, 3.63) is 42.2 Å². The van der Waals surface area contributed by atoms with Gasteiger partial charge in [-0.25, -0.2) is 14.6 Å². The molecule has 11 heteroatoms. The van der Waals surface area contributed by atoms with Crippen LogP contribution in [0.4, 0.5) is 18.9 Å². The summed E-state index contributed by atoms with van der Waals surface area (Å²) < 4.78 is 42.3.